The highest BCUT2D eigenvalue weighted by atomic mass is 16.6. The van der Waals surface area contributed by atoms with Crippen molar-refractivity contribution in [3.8, 4) is 0 Å². The second-order valence-electron chi connectivity index (χ2n) is 7.47. The van der Waals surface area contributed by atoms with E-state index in [1.54, 1.807) is 0 Å². The topological polar surface area (TPSA) is 58.2 Å². The van der Waals surface area contributed by atoms with Crippen LogP contribution in [-0.2, 0) is 10.3 Å². The van der Waals surface area contributed by atoms with Gasteiger partial charge in [0.2, 0.25) is 0 Å². The number of nitrogens with one attached hydrogen (secondary N) is 1. The summed E-state index contributed by atoms with van der Waals surface area (Å²) in [5, 5.41) is 0. The van der Waals surface area contributed by atoms with Crippen molar-refractivity contribution >= 4 is 17.1 Å². The molecule has 1 N–H and O–H groups in total. The predicted molar refractivity (Wildman–Crippen MR) is 90.2 cm³/mol. The zero-order valence-electron chi connectivity index (χ0n) is 14.3. The van der Waals surface area contributed by atoms with Crippen molar-refractivity contribution < 1.29 is 9.53 Å². The third-order valence-electron chi connectivity index (χ3n) is 4.40. The molecule has 3 rings (SSSR count). The van der Waals surface area contributed by atoms with Gasteiger partial charge in [-0.1, -0.05) is 12.1 Å². The molecule has 1 atom stereocenters. The molecule has 23 heavy (non-hydrogen) atoms. The van der Waals surface area contributed by atoms with Crippen LogP contribution in [0.5, 0.6) is 0 Å². The molecule has 1 unspecified atom stereocenters. The molecule has 1 aliphatic heterocycles. The molecule has 2 heterocycles. The van der Waals surface area contributed by atoms with Crippen molar-refractivity contribution in [2.45, 2.75) is 58.1 Å². The number of hydrogen-bond acceptors (Lipinski definition) is 3. The molecule has 0 aliphatic carbocycles. The summed E-state index contributed by atoms with van der Waals surface area (Å²) >= 11 is 0. The average molecular weight is 315 g/mol. The molecule has 0 bridgehead atoms. The molecule has 1 aromatic carbocycles. The zero-order chi connectivity index (χ0) is 16.7. The van der Waals surface area contributed by atoms with Gasteiger partial charge in [0.25, 0.3) is 0 Å². The summed E-state index contributed by atoms with van der Waals surface area (Å²) < 4.78 is 5.61. The van der Waals surface area contributed by atoms with Crippen LogP contribution in [0.1, 0.15) is 52.8 Å². The molecule has 1 aromatic heterocycles. The van der Waals surface area contributed by atoms with Crippen molar-refractivity contribution in [1.29, 1.82) is 0 Å². The highest BCUT2D eigenvalue weighted by Crippen LogP contribution is 2.37. The Bertz CT molecular complexity index is 683. The Hall–Kier alpha value is -2.04. The number of hydrogen-bond donors (Lipinski definition) is 1. The first-order valence-corrected chi connectivity index (χ1v) is 8.25. The fourth-order valence-corrected chi connectivity index (χ4v) is 3.18. The summed E-state index contributed by atoms with van der Waals surface area (Å²) in [7, 11) is 0. The standard InChI is InChI=1S/C18H25N3O2/c1-17(2,3)23-16(22)21-12-8-7-11-18(21,4)15-19-13-9-5-6-10-14(13)20-15/h5-6,9-10H,7-8,11-12H2,1-4H3,(H,19,20). The fourth-order valence-electron chi connectivity index (χ4n) is 3.18. The number of rotatable bonds is 1. The van der Waals surface area contributed by atoms with Crippen molar-refractivity contribution in [3.63, 3.8) is 0 Å². The van der Waals surface area contributed by atoms with Crippen molar-refractivity contribution in [3.05, 3.63) is 30.1 Å². The van der Waals surface area contributed by atoms with E-state index in [0.29, 0.717) is 6.54 Å². The van der Waals surface area contributed by atoms with Gasteiger partial charge < -0.3 is 9.72 Å². The molecular weight excluding hydrogens is 290 g/mol. The van der Waals surface area contributed by atoms with Crippen LogP contribution in [0.4, 0.5) is 4.79 Å². The van der Waals surface area contributed by atoms with Crippen molar-refractivity contribution in [2.75, 3.05) is 6.54 Å². The molecule has 124 valence electrons. The largest absolute Gasteiger partial charge is 0.444 e. The normalized spacial score (nSPS) is 22.3. The maximum Gasteiger partial charge on any atom is 0.411 e. The van der Waals surface area contributed by atoms with Gasteiger partial charge in [-0.05, 0) is 59.1 Å². The van der Waals surface area contributed by atoms with E-state index in [9.17, 15) is 4.79 Å². The predicted octanol–water partition coefficient (Wildman–Crippen LogP) is 4.20. The maximum atomic E-state index is 12.7. The number of fused-ring (bicyclic) bond motifs is 1. The number of aromatic amines is 1. The second-order valence-corrected chi connectivity index (χ2v) is 7.47. The minimum Gasteiger partial charge on any atom is -0.444 e. The Morgan fingerprint density at radius 1 is 1.30 bits per heavy atom. The van der Waals surface area contributed by atoms with Crippen LogP contribution in [0.15, 0.2) is 24.3 Å². The molecule has 0 saturated carbocycles. The third kappa shape index (κ3) is 3.05. The molecule has 5 heteroatoms. The number of aromatic nitrogens is 2. The van der Waals surface area contributed by atoms with E-state index < -0.39 is 11.1 Å². The molecule has 0 spiro atoms. The minimum absolute atomic E-state index is 0.264. The van der Waals surface area contributed by atoms with Crippen LogP contribution in [0.25, 0.3) is 11.0 Å². The van der Waals surface area contributed by atoms with Crippen molar-refractivity contribution in [2.24, 2.45) is 0 Å². The summed E-state index contributed by atoms with van der Waals surface area (Å²) in [6.45, 7) is 8.46. The lowest BCUT2D eigenvalue weighted by atomic mass is 9.88. The highest BCUT2D eigenvalue weighted by Gasteiger charge is 2.43. The maximum absolute atomic E-state index is 12.7. The first kappa shape index (κ1) is 15.8. The van der Waals surface area contributed by atoms with E-state index in [4.69, 9.17) is 9.72 Å². The number of piperidine rings is 1. The molecule has 1 amide bonds. The third-order valence-corrected chi connectivity index (χ3v) is 4.40. The van der Waals surface area contributed by atoms with Gasteiger partial charge in [-0.3, -0.25) is 4.90 Å². The Kier molecular flexibility index (Phi) is 3.82. The number of ether oxygens (including phenoxy) is 1. The lowest BCUT2D eigenvalue weighted by Crippen LogP contribution is -2.52. The smallest absolute Gasteiger partial charge is 0.411 e. The lowest BCUT2D eigenvalue weighted by Gasteiger charge is -2.43. The van der Waals surface area contributed by atoms with Crippen LogP contribution in [0, 0.1) is 0 Å². The molecule has 1 saturated heterocycles. The summed E-state index contributed by atoms with van der Waals surface area (Å²) in [5.41, 5.74) is 0.972. The summed E-state index contributed by atoms with van der Waals surface area (Å²) in [4.78, 5) is 22.6. The zero-order valence-corrected chi connectivity index (χ0v) is 14.3. The van der Waals surface area contributed by atoms with E-state index in [-0.39, 0.29) is 6.09 Å². The molecule has 2 aromatic rings. The number of carbonyl (C=O) groups is 1. The van der Waals surface area contributed by atoms with E-state index in [1.807, 2.05) is 49.9 Å². The van der Waals surface area contributed by atoms with Gasteiger partial charge in [-0.25, -0.2) is 9.78 Å². The van der Waals surface area contributed by atoms with Gasteiger partial charge in [0.15, 0.2) is 0 Å². The number of H-pyrrole nitrogens is 1. The van der Waals surface area contributed by atoms with E-state index in [2.05, 4.69) is 11.9 Å². The Labute approximate surface area is 137 Å². The minimum atomic E-state index is -0.497. The van der Waals surface area contributed by atoms with Crippen LogP contribution in [-0.4, -0.2) is 33.1 Å². The number of imidazole rings is 1. The Morgan fingerprint density at radius 2 is 2.04 bits per heavy atom. The quantitative estimate of drug-likeness (QED) is 0.858. The Balaban J connectivity index is 1.96. The summed E-state index contributed by atoms with van der Waals surface area (Å²) in [6, 6.07) is 7.95. The van der Waals surface area contributed by atoms with Gasteiger partial charge in [0, 0.05) is 6.54 Å². The Morgan fingerprint density at radius 3 is 2.74 bits per heavy atom. The van der Waals surface area contributed by atoms with E-state index in [0.717, 1.165) is 36.1 Å². The van der Waals surface area contributed by atoms with Gasteiger partial charge >= 0.3 is 6.09 Å². The highest BCUT2D eigenvalue weighted by molar-refractivity contribution is 5.75. The molecule has 0 radical (unpaired) electrons. The van der Waals surface area contributed by atoms with Crippen LogP contribution in [0.2, 0.25) is 0 Å². The van der Waals surface area contributed by atoms with Crippen LogP contribution >= 0.6 is 0 Å². The summed E-state index contributed by atoms with van der Waals surface area (Å²) in [6.07, 6.45) is 2.69. The lowest BCUT2D eigenvalue weighted by molar-refractivity contribution is -0.0146. The number of carbonyl (C=O) groups excluding carboxylic acids is 1. The van der Waals surface area contributed by atoms with Gasteiger partial charge in [0.05, 0.1) is 11.0 Å². The van der Waals surface area contributed by atoms with E-state index >= 15 is 0 Å². The number of benzene rings is 1. The first-order valence-electron chi connectivity index (χ1n) is 8.25. The van der Waals surface area contributed by atoms with E-state index in [1.165, 1.54) is 0 Å². The average Bonchev–Trinajstić information content (AvgIpc) is 2.90. The monoisotopic (exact) mass is 315 g/mol. The SMILES string of the molecule is CC(C)(C)OC(=O)N1CCCCC1(C)c1nc2ccccc2[nH]1. The second kappa shape index (κ2) is 5.55. The number of nitrogens with zero attached hydrogens (tertiary/aromatic N) is 2. The van der Waals surface area contributed by atoms with Gasteiger partial charge in [-0.15, -0.1) is 0 Å². The van der Waals surface area contributed by atoms with Crippen LogP contribution in [0.3, 0.4) is 0 Å². The molecule has 1 aliphatic rings. The number of amides is 1. The molecule has 5 nitrogen and oxygen atoms in total. The fraction of sp³-hybridized carbons (Fsp3) is 0.556. The first-order chi connectivity index (χ1) is 10.8. The summed E-state index contributed by atoms with van der Waals surface area (Å²) in [5.74, 6) is 0.837. The van der Waals surface area contributed by atoms with Gasteiger partial charge in [-0.2, -0.15) is 0 Å². The number of para-hydroxylation sites is 2. The molecule has 1 fully saturated rings. The van der Waals surface area contributed by atoms with Crippen molar-refractivity contribution in [1.82, 2.24) is 14.9 Å². The number of likely N-dealkylation sites (tertiary alicyclic amines) is 1. The molecular formula is C18H25N3O2. The van der Waals surface area contributed by atoms with Crippen LogP contribution < -0.4 is 0 Å². The van der Waals surface area contributed by atoms with Gasteiger partial charge in [0.1, 0.15) is 17.0 Å².